The first-order valence-electron chi connectivity index (χ1n) is 11.6. The predicted molar refractivity (Wildman–Crippen MR) is 116 cm³/mol. The van der Waals surface area contributed by atoms with Crippen LogP contribution in [0.4, 0.5) is 0 Å². The van der Waals surface area contributed by atoms with Gasteiger partial charge < -0.3 is 5.11 Å². The Kier molecular flexibility index (Phi) is 17.8. The summed E-state index contributed by atoms with van der Waals surface area (Å²) in [5.41, 5.74) is 0. The van der Waals surface area contributed by atoms with Crippen LogP contribution in [0.2, 0.25) is 0 Å². The summed E-state index contributed by atoms with van der Waals surface area (Å²) < 4.78 is 32.5. The molecule has 164 valence electrons. The quantitative estimate of drug-likeness (QED) is 0.175. The van der Waals surface area contributed by atoms with Gasteiger partial charge in [0.2, 0.25) is 0 Å². The summed E-state index contributed by atoms with van der Waals surface area (Å²) in [6.45, 7) is 4.34. The van der Waals surface area contributed by atoms with E-state index in [1.807, 2.05) is 0 Å². The van der Waals surface area contributed by atoms with Gasteiger partial charge in [0.05, 0.1) is 11.4 Å². The van der Waals surface area contributed by atoms with Gasteiger partial charge in [0.15, 0.2) is 0 Å². The van der Waals surface area contributed by atoms with E-state index in [4.69, 9.17) is 0 Å². The number of aliphatic hydroxyl groups excluding tert-OH is 1. The molecular weight excluding hydrogens is 360 g/mol. The molecule has 0 amide bonds. The Hall–Kier alpha value is -0.130. The van der Waals surface area contributed by atoms with E-state index in [1.165, 1.54) is 25.7 Å². The molecule has 0 aliphatic carbocycles. The lowest BCUT2D eigenvalue weighted by Crippen LogP contribution is -2.20. The highest BCUT2D eigenvalue weighted by atomic mass is 32.2. The normalized spacial score (nSPS) is 14.4. The lowest BCUT2D eigenvalue weighted by molar-refractivity contribution is 0.147. The summed E-state index contributed by atoms with van der Waals surface area (Å²) in [6.07, 6.45) is 18.3. The Morgan fingerprint density at radius 1 is 0.593 bits per heavy atom. The van der Waals surface area contributed by atoms with E-state index in [9.17, 15) is 18.1 Å². The molecule has 0 bridgehead atoms. The molecular formula is C22H46O4S. The zero-order chi connectivity index (χ0) is 20.4. The minimum atomic E-state index is -3.91. The third kappa shape index (κ3) is 17.7. The van der Waals surface area contributed by atoms with Gasteiger partial charge in [0.1, 0.15) is 0 Å². The third-order valence-electron chi connectivity index (χ3n) is 5.51. The van der Waals surface area contributed by atoms with Crippen molar-refractivity contribution in [1.29, 1.82) is 0 Å². The molecule has 4 nitrogen and oxygen atoms in total. The van der Waals surface area contributed by atoms with Crippen LogP contribution in [-0.2, 0) is 10.1 Å². The zero-order valence-electron chi connectivity index (χ0n) is 18.0. The lowest BCUT2D eigenvalue weighted by Gasteiger charge is -2.14. The van der Waals surface area contributed by atoms with E-state index in [0.29, 0.717) is 12.8 Å². The summed E-state index contributed by atoms with van der Waals surface area (Å²) in [4.78, 5) is 0. The third-order valence-corrected chi connectivity index (χ3v) is 6.82. The van der Waals surface area contributed by atoms with Crippen LogP contribution in [0.15, 0.2) is 0 Å². The Morgan fingerprint density at radius 2 is 0.926 bits per heavy atom. The Morgan fingerprint density at radius 3 is 1.37 bits per heavy atom. The first kappa shape index (κ1) is 26.9. The van der Waals surface area contributed by atoms with E-state index in [0.717, 1.165) is 77.0 Å². The Balaban J connectivity index is 3.68. The van der Waals surface area contributed by atoms with Crippen LogP contribution in [0.1, 0.15) is 129 Å². The number of aliphatic hydroxyl groups is 1. The zero-order valence-corrected chi connectivity index (χ0v) is 18.8. The molecule has 2 atom stereocenters. The summed E-state index contributed by atoms with van der Waals surface area (Å²) in [6, 6.07) is 0. The van der Waals surface area contributed by atoms with Crippen LogP contribution >= 0.6 is 0 Å². The molecule has 0 aliphatic rings. The highest BCUT2D eigenvalue weighted by Crippen LogP contribution is 2.19. The van der Waals surface area contributed by atoms with Crippen molar-refractivity contribution in [3.05, 3.63) is 0 Å². The Bertz CT molecular complexity index is 409. The summed E-state index contributed by atoms with van der Waals surface area (Å²) >= 11 is 0. The number of rotatable bonds is 20. The van der Waals surface area contributed by atoms with Crippen LogP contribution in [0.5, 0.6) is 0 Å². The highest BCUT2D eigenvalue weighted by Gasteiger charge is 2.21. The van der Waals surface area contributed by atoms with Gasteiger partial charge in [-0.1, -0.05) is 104 Å². The fourth-order valence-corrected chi connectivity index (χ4v) is 4.58. The molecule has 0 heterocycles. The van der Waals surface area contributed by atoms with Crippen molar-refractivity contribution < 1.29 is 18.1 Å². The fourth-order valence-electron chi connectivity index (χ4n) is 3.65. The molecule has 0 aromatic carbocycles. The van der Waals surface area contributed by atoms with Gasteiger partial charge in [-0.15, -0.1) is 0 Å². The van der Waals surface area contributed by atoms with Crippen LogP contribution in [0.3, 0.4) is 0 Å². The van der Waals surface area contributed by atoms with E-state index in [2.05, 4.69) is 13.8 Å². The maximum Gasteiger partial charge on any atom is 0.267 e. The molecule has 0 aromatic heterocycles. The van der Waals surface area contributed by atoms with E-state index >= 15 is 0 Å². The van der Waals surface area contributed by atoms with Crippen LogP contribution in [-0.4, -0.2) is 29.4 Å². The second-order valence-corrected chi connectivity index (χ2v) is 9.88. The predicted octanol–water partition coefficient (Wildman–Crippen LogP) is 6.67. The summed E-state index contributed by atoms with van der Waals surface area (Å²) in [5.74, 6) is 0. The molecule has 0 radical (unpaired) electrons. The number of hydrogen-bond acceptors (Lipinski definition) is 3. The second-order valence-electron chi connectivity index (χ2n) is 8.19. The van der Waals surface area contributed by atoms with Crippen molar-refractivity contribution in [1.82, 2.24) is 0 Å². The Labute approximate surface area is 169 Å². The molecule has 27 heavy (non-hydrogen) atoms. The second kappa shape index (κ2) is 17.9. The van der Waals surface area contributed by atoms with Crippen molar-refractivity contribution in [2.75, 3.05) is 0 Å². The van der Waals surface area contributed by atoms with E-state index in [1.54, 1.807) is 0 Å². The van der Waals surface area contributed by atoms with Crippen LogP contribution in [0.25, 0.3) is 0 Å². The molecule has 0 fully saturated rings. The number of hydrogen-bond donors (Lipinski definition) is 2. The highest BCUT2D eigenvalue weighted by molar-refractivity contribution is 7.86. The van der Waals surface area contributed by atoms with Gasteiger partial charge >= 0.3 is 0 Å². The molecule has 2 unspecified atom stereocenters. The van der Waals surface area contributed by atoms with E-state index in [-0.39, 0.29) is 6.10 Å². The molecule has 0 saturated carbocycles. The first-order chi connectivity index (χ1) is 12.9. The molecule has 0 rings (SSSR count). The largest absolute Gasteiger partial charge is 0.393 e. The van der Waals surface area contributed by atoms with Crippen molar-refractivity contribution in [2.45, 2.75) is 141 Å². The van der Waals surface area contributed by atoms with Gasteiger partial charge in [-0.05, 0) is 25.7 Å². The topological polar surface area (TPSA) is 74.6 Å². The van der Waals surface area contributed by atoms with Crippen molar-refractivity contribution in [3.63, 3.8) is 0 Å². The maximum absolute atomic E-state index is 11.5. The molecule has 5 heteroatoms. The molecule has 0 saturated heterocycles. The fraction of sp³-hybridized carbons (Fsp3) is 1.00. The first-order valence-corrected chi connectivity index (χ1v) is 13.1. The van der Waals surface area contributed by atoms with E-state index < -0.39 is 15.4 Å². The maximum atomic E-state index is 11.5. The molecule has 2 N–H and O–H groups in total. The molecule has 0 aliphatic heterocycles. The minimum absolute atomic E-state index is 0.135. The molecule has 0 aromatic rings. The average Bonchev–Trinajstić information content (AvgIpc) is 2.61. The minimum Gasteiger partial charge on any atom is -0.393 e. The average molecular weight is 407 g/mol. The van der Waals surface area contributed by atoms with Gasteiger partial charge in [0.25, 0.3) is 10.1 Å². The monoisotopic (exact) mass is 406 g/mol. The van der Waals surface area contributed by atoms with Crippen LogP contribution < -0.4 is 0 Å². The lowest BCUT2D eigenvalue weighted by atomic mass is 10.0. The van der Waals surface area contributed by atoms with Crippen LogP contribution in [0, 0.1) is 0 Å². The summed E-state index contributed by atoms with van der Waals surface area (Å²) in [5, 5.41) is 9.32. The number of unbranched alkanes of at least 4 members (excludes halogenated alkanes) is 11. The standard InChI is InChI=1S/C22H46O4S/c1-3-5-7-10-15-19-22(27(24,25)26)20-16-12-9-8-11-14-18-21(23)17-13-6-4-2/h21-23H,3-20H2,1-2H3,(H,24,25,26). The summed E-state index contributed by atoms with van der Waals surface area (Å²) in [7, 11) is -3.91. The van der Waals surface area contributed by atoms with Gasteiger partial charge in [-0.2, -0.15) is 8.42 Å². The van der Waals surface area contributed by atoms with Crippen molar-refractivity contribution in [3.8, 4) is 0 Å². The van der Waals surface area contributed by atoms with Crippen molar-refractivity contribution >= 4 is 10.1 Å². The van der Waals surface area contributed by atoms with Gasteiger partial charge in [-0.25, -0.2) is 0 Å². The SMILES string of the molecule is CCCCCCCC(CCCCCCCCC(O)CCCCC)S(=O)(=O)O. The van der Waals surface area contributed by atoms with Crippen molar-refractivity contribution in [2.24, 2.45) is 0 Å². The van der Waals surface area contributed by atoms with Gasteiger partial charge in [-0.3, -0.25) is 4.55 Å². The molecule has 0 spiro atoms. The smallest absolute Gasteiger partial charge is 0.267 e. The van der Waals surface area contributed by atoms with Gasteiger partial charge in [0, 0.05) is 0 Å².